The monoisotopic (exact) mass is 271 g/mol. The number of rotatable bonds is 0. The molecule has 0 radical (unpaired) electrons. The van der Waals surface area contributed by atoms with Crippen molar-refractivity contribution >= 4 is 17.0 Å². The first-order valence-electron chi connectivity index (χ1n) is 6.35. The molecule has 0 amide bonds. The summed E-state index contributed by atoms with van der Waals surface area (Å²) >= 11 is 0. The van der Waals surface area contributed by atoms with Crippen LogP contribution in [-0.4, -0.2) is 28.0 Å². The van der Waals surface area contributed by atoms with Gasteiger partial charge >= 0.3 is 6.09 Å². The van der Waals surface area contributed by atoms with E-state index in [0.29, 0.717) is 0 Å². The lowest BCUT2D eigenvalue weighted by molar-refractivity contribution is 0.0544. The summed E-state index contributed by atoms with van der Waals surface area (Å²) in [5, 5.41) is 9.59. The molecule has 4 nitrogen and oxygen atoms in total. The van der Waals surface area contributed by atoms with Crippen molar-refractivity contribution in [1.82, 2.24) is 4.57 Å². The zero-order chi connectivity index (χ0) is 14.8. The fourth-order valence-electron chi connectivity index (χ4n) is 1.83. The maximum atomic E-state index is 12.1. The summed E-state index contributed by atoms with van der Waals surface area (Å²) in [6.45, 7) is 5.33. The Kier molecular flexibility index (Phi) is 3.82. The Bertz CT molecular complexity index is 696. The molecule has 20 heavy (non-hydrogen) atoms. The van der Waals surface area contributed by atoms with Crippen LogP contribution in [0.1, 0.15) is 26.3 Å². The van der Waals surface area contributed by atoms with E-state index in [1.54, 1.807) is 6.20 Å². The summed E-state index contributed by atoms with van der Waals surface area (Å²) in [5.41, 5.74) is 1.04. The number of aromatic nitrogens is 1. The fourth-order valence-corrected chi connectivity index (χ4v) is 1.83. The van der Waals surface area contributed by atoms with Crippen LogP contribution in [0.25, 0.3) is 10.9 Å². The third kappa shape index (κ3) is 3.19. The van der Waals surface area contributed by atoms with Crippen LogP contribution in [-0.2, 0) is 4.74 Å². The highest BCUT2D eigenvalue weighted by atomic mass is 16.6. The van der Waals surface area contributed by atoms with Gasteiger partial charge in [-0.3, -0.25) is 4.57 Å². The maximum absolute atomic E-state index is 12.1. The third-order valence-corrected chi connectivity index (χ3v) is 2.59. The lowest BCUT2D eigenvalue weighted by atomic mass is 10.1. The van der Waals surface area contributed by atoms with Crippen molar-refractivity contribution in [1.29, 1.82) is 0 Å². The summed E-state index contributed by atoms with van der Waals surface area (Å²) in [6.07, 6.45) is 1.28. The van der Waals surface area contributed by atoms with Gasteiger partial charge in [-0.1, -0.05) is 11.8 Å². The number of aliphatic hydroxyl groups is 1. The van der Waals surface area contributed by atoms with Gasteiger partial charge in [0.2, 0.25) is 0 Å². The molecule has 0 spiro atoms. The molecule has 0 fully saturated rings. The van der Waals surface area contributed by atoms with Crippen LogP contribution in [0.2, 0.25) is 0 Å². The van der Waals surface area contributed by atoms with Gasteiger partial charge in [0.1, 0.15) is 12.2 Å². The Hall–Kier alpha value is -2.25. The van der Waals surface area contributed by atoms with E-state index in [4.69, 9.17) is 9.84 Å². The summed E-state index contributed by atoms with van der Waals surface area (Å²) in [6, 6.07) is 7.34. The molecule has 0 bridgehead atoms. The minimum Gasteiger partial charge on any atom is -0.443 e. The summed E-state index contributed by atoms with van der Waals surface area (Å²) < 4.78 is 6.82. The van der Waals surface area contributed by atoms with Crippen molar-refractivity contribution in [2.24, 2.45) is 0 Å². The molecular weight excluding hydrogens is 254 g/mol. The molecule has 0 unspecified atom stereocenters. The van der Waals surface area contributed by atoms with Crippen molar-refractivity contribution in [3.63, 3.8) is 0 Å². The minimum atomic E-state index is -0.528. The number of nitrogens with zero attached hydrogens (tertiary/aromatic N) is 1. The first-order chi connectivity index (χ1) is 9.40. The number of benzene rings is 1. The Morgan fingerprint density at radius 2 is 2.10 bits per heavy atom. The zero-order valence-corrected chi connectivity index (χ0v) is 11.8. The van der Waals surface area contributed by atoms with Gasteiger partial charge in [-0.05, 0) is 45.0 Å². The molecule has 1 N–H and O–H groups in total. The van der Waals surface area contributed by atoms with Crippen LogP contribution < -0.4 is 0 Å². The quantitative estimate of drug-likeness (QED) is 0.750. The molecule has 1 heterocycles. The maximum Gasteiger partial charge on any atom is 0.418 e. The highest BCUT2D eigenvalue weighted by Gasteiger charge is 2.18. The van der Waals surface area contributed by atoms with Crippen molar-refractivity contribution in [2.45, 2.75) is 26.4 Å². The van der Waals surface area contributed by atoms with Crippen LogP contribution in [0, 0.1) is 11.8 Å². The third-order valence-electron chi connectivity index (χ3n) is 2.59. The molecule has 0 atom stereocenters. The average molecular weight is 271 g/mol. The normalized spacial score (nSPS) is 11.0. The van der Waals surface area contributed by atoms with Crippen molar-refractivity contribution in [2.75, 3.05) is 6.61 Å². The van der Waals surface area contributed by atoms with Crippen LogP contribution in [0.5, 0.6) is 0 Å². The first-order valence-corrected chi connectivity index (χ1v) is 6.35. The van der Waals surface area contributed by atoms with Gasteiger partial charge in [0.05, 0.1) is 5.52 Å². The topological polar surface area (TPSA) is 51.5 Å². The van der Waals surface area contributed by atoms with Crippen molar-refractivity contribution in [3.8, 4) is 11.8 Å². The summed E-state index contributed by atoms with van der Waals surface area (Å²) in [7, 11) is 0. The Labute approximate surface area is 118 Å². The number of carbonyl (C=O) groups is 1. The van der Waals surface area contributed by atoms with Crippen molar-refractivity contribution in [3.05, 3.63) is 36.0 Å². The molecule has 0 aliphatic heterocycles. The molecule has 0 saturated carbocycles. The Balaban J connectivity index is 2.36. The van der Waals surface area contributed by atoms with E-state index in [1.165, 1.54) is 4.57 Å². The molecule has 0 aliphatic rings. The van der Waals surface area contributed by atoms with E-state index in [0.717, 1.165) is 16.5 Å². The molecular formula is C16H17NO3. The second-order valence-electron chi connectivity index (χ2n) is 5.40. The van der Waals surface area contributed by atoms with E-state index in [-0.39, 0.29) is 6.61 Å². The van der Waals surface area contributed by atoms with E-state index in [2.05, 4.69) is 11.8 Å². The Morgan fingerprint density at radius 3 is 2.75 bits per heavy atom. The fraction of sp³-hybridized carbons (Fsp3) is 0.312. The van der Waals surface area contributed by atoms with Gasteiger partial charge in [0.25, 0.3) is 0 Å². The van der Waals surface area contributed by atoms with Gasteiger partial charge < -0.3 is 9.84 Å². The predicted octanol–water partition coefficient (Wildman–Crippen LogP) is 2.77. The molecule has 104 valence electrons. The standard InChI is InChI=1S/C16H17NO3/c1-16(2,3)20-15(19)17-9-8-13-11-12(5-4-10-18)6-7-14(13)17/h6-9,11,18H,10H2,1-3H3. The van der Waals surface area contributed by atoms with Crippen molar-refractivity contribution < 1.29 is 14.6 Å². The average Bonchev–Trinajstić information content (AvgIpc) is 2.77. The predicted molar refractivity (Wildman–Crippen MR) is 77.5 cm³/mol. The second-order valence-corrected chi connectivity index (χ2v) is 5.40. The lowest BCUT2D eigenvalue weighted by Crippen LogP contribution is -2.26. The molecule has 1 aromatic carbocycles. The molecule has 4 heteroatoms. The van der Waals surface area contributed by atoms with Crippen LogP contribution in [0.3, 0.4) is 0 Å². The number of ether oxygens (including phenoxy) is 1. The van der Waals surface area contributed by atoms with E-state index >= 15 is 0 Å². The highest BCUT2D eigenvalue weighted by Crippen LogP contribution is 2.19. The molecule has 2 rings (SSSR count). The highest BCUT2D eigenvalue weighted by molar-refractivity contribution is 5.90. The number of aliphatic hydroxyl groups excluding tert-OH is 1. The largest absolute Gasteiger partial charge is 0.443 e. The number of hydrogen-bond acceptors (Lipinski definition) is 3. The summed E-state index contributed by atoms with van der Waals surface area (Å²) in [5.74, 6) is 5.43. The van der Waals surface area contributed by atoms with Gasteiger partial charge in [-0.15, -0.1) is 0 Å². The van der Waals surface area contributed by atoms with Gasteiger partial charge in [-0.25, -0.2) is 4.79 Å². The first kappa shape index (κ1) is 14.2. The SMILES string of the molecule is CC(C)(C)OC(=O)n1ccc2cc(C#CCO)ccc21. The van der Waals surface area contributed by atoms with E-state index in [1.807, 2.05) is 45.0 Å². The van der Waals surface area contributed by atoms with Gasteiger partial charge in [0.15, 0.2) is 0 Å². The van der Waals surface area contributed by atoms with Crippen LogP contribution in [0.4, 0.5) is 4.79 Å². The van der Waals surface area contributed by atoms with Gasteiger partial charge in [-0.2, -0.15) is 0 Å². The molecule has 0 saturated heterocycles. The van der Waals surface area contributed by atoms with Gasteiger partial charge in [0, 0.05) is 17.1 Å². The van der Waals surface area contributed by atoms with Crippen LogP contribution >= 0.6 is 0 Å². The van der Waals surface area contributed by atoms with E-state index < -0.39 is 11.7 Å². The number of fused-ring (bicyclic) bond motifs is 1. The number of carbonyl (C=O) groups excluding carboxylic acids is 1. The molecule has 0 aliphatic carbocycles. The van der Waals surface area contributed by atoms with E-state index in [9.17, 15) is 4.79 Å². The lowest BCUT2D eigenvalue weighted by Gasteiger charge is -2.19. The van der Waals surface area contributed by atoms with Crippen LogP contribution in [0.15, 0.2) is 30.5 Å². The minimum absolute atomic E-state index is 0.170. The smallest absolute Gasteiger partial charge is 0.418 e. The Morgan fingerprint density at radius 1 is 1.35 bits per heavy atom. The second kappa shape index (κ2) is 5.40. The molecule has 2 aromatic rings. The number of hydrogen-bond donors (Lipinski definition) is 1. The summed E-state index contributed by atoms with van der Waals surface area (Å²) in [4.78, 5) is 12.1. The molecule has 1 aromatic heterocycles. The zero-order valence-electron chi connectivity index (χ0n) is 11.8.